The zero-order chi connectivity index (χ0) is 19.0. The van der Waals surface area contributed by atoms with E-state index in [1.54, 1.807) is 10.9 Å². The molecule has 6 nitrogen and oxygen atoms in total. The Morgan fingerprint density at radius 3 is 2.48 bits per heavy atom. The summed E-state index contributed by atoms with van der Waals surface area (Å²) < 4.78 is 1.72. The Labute approximate surface area is 159 Å². The fourth-order valence-corrected chi connectivity index (χ4v) is 3.74. The molecule has 0 spiro atoms. The number of nitrogens with zero attached hydrogens (tertiary/aromatic N) is 3. The molecule has 2 heterocycles. The number of aryl methyl sites for hydroxylation is 2. The average Bonchev–Trinajstić information content (AvgIpc) is 3.31. The molecule has 2 fully saturated rings. The first-order chi connectivity index (χ1) is 13.0. The summed E-state index contributed by atoms with van der Waals surface area (Å²) in [4.78, 5) is 27.0. The molecule has 2 unspecified atom stereocenters. The first-order valence-electron chi connectivity index (χ1n) is 9.64. The molecule has 2 atom stereocenters. The monoisotopic (exact) mass is 366 g/mol. The van der Waals surface area contributed by atoms with Gasteiger partial charge in [-0.1, -0.05) is 29.8 Å². The number of amides is 2. The van der Waals surface area contributed by atoms with Crippen LogP contribution in [0.25, 0.3) is 0 Å². The molecule has 2 aromatic rings. The third kappa shape index (κ3) is 3.89. The van der Waals surface area contributed by atoms with E-state index in [1.165, 1.54) is 11.1 Å². The van der Waals surface area contributed by atoms with Crippen LogP contribution in [0.15, 0.2) is 36.5 Å². The van der Waals surface area contributed by atoms with Crippen LogP contribution >= 0.6 is 0 Å². The van der Waals surface area contributed by atoms with Crippen LogP contribution in [0.3, 0.4) is 0 Å². The van der Waals surface area contributed by atoms with Crippen LogP contribution in [0.2, 0.25) is 0 Å². The minimum absolute atomic E-state index is 0.0384. The van der Waals surface area contributed by atoms with Crippen LogP contribution in [-0.4, -0.2) is 45.6 Å². The second-order valence-corrected chi connectivity index (χ2v) is 7.84. The van der Waals surface area contributed by atoms with Gasteiger partial charge >= 0.3 is 0 Å². The summed E-state index contributed by atoms with van der Waals surface area (Å²) in [5, 5.41) is 7.42. The number of rotatable bonds is 5. The highest BCUT2D eigenvalue weighted by molar-refractivity contribution is 5.82. The van der Waals surface area contributed by atoms with Crippen molar-refractivity contribution in [3.05, 3.63) is 53.3 Å². The molecule has 2 aliphatic rings. The van der Waals surface area contributed by atoms with Crippen LogP contribution in [-0.2, 0) is 16.1 Å². The van der Waals surface area contributed by atoms with Crippen LogP contribution in [0.4, 0.5) is 0 Å². The number of aromatic nitrogens is 2. The molecule has 1 saturated heterocycles. The molecule has 6 heteroatoms. The molecule has 1 aliphatic heterocycles. The predicted molar refractivity (Wildman–Crippen MR) is 102 cm³/mol. The van der Waals surface area contributed by atoms with Crippen molar-refractivity contribution in [2.24, 2.45) is 5.92 Å². The van der Waals surface area contributed by atoms with E-state index in [1.807, 2.05) is 17.9 Å². The van der Waals surface area contributed by atoms with Gasteiger partial charge in [-0.2, -0.15) is 5.10 Å². The molecular formula is C21H26N4O2. The summed E-state index contributed by atoms with van der Waals surface area (Å²) in [5.74, 6) is 0.465. The summed E-state index contributed by atoms with van der Waals surface area (Å²) in [5.41, 5.74) is 3.35. The predicted octanol–water partition coefficient (Wildman–Crippen LogP) is 2.02. The second-order valence-electron chi connectivity index (χ2n) is 7.84. The van der Waals surface area contributed by atoms with E-state index >= 15 is 0 Å². The first kappa shape index (κ1) is 17.8. The lowest BCUT2D eigenvalue weighted by molar-refractivity contribution is -0.131. The van der Waals surface area contributed by atoms with E-state index < -0.39 is 0 Å². The third-order valence-electron chi connectivity index (χ3n) is 5.67. The topological polar surface area (TPSA) is 67.2 Å². The number of carbonyl (C=O) groups is 2. The van der Waals surface area contributed by atoms with Crippen LogP contribution in [0.5, 0.6) is 0 Å². The standard InChI is InChI=1S/C21H26N4O2/c1-14-3-5-16(6-4-14)18-11-24(12-19(18)23-21(27)17-7-8-17)20(26)13-25-15(2)9-10-22-25/h3-6,9-10,17-19H,7-8,11-13H2,1-2H3,(H,23,27). The fraction of sp³-hybridized carbons (Fsp3) is 0.476. The molecule has 4 rings (SSSR count). The maximum Gasteiger partial charge on any atom is 0.244 e. The van der Waals surface area contributed by atoms with Crippen molar-refractivity contribution in [1.29, 1.82) is 0 Å². The van der Waals surface area contributed by atoms with E-state index in [2.05, 4.69) is 41.6 Å². The zero-order valence-corrected chi connectivity index (χ0v) is 15.9. The van der Waals surface area contributed by atoms with Gasteiger partial charge < -0.3 is 10.2 Å². The number of benzene rings is 1. The summed E-state index contributed by atoms with van der Waals surface area (Å²) in [6.45, 7) is 5.42. The molecule has 1 saturated carbocycles. The smallest absolute Gasteiger partial charge is 0.244 e. The van der Waals surface area contributed by atoms with Crippen molar-refractivity contribution < 1.29 is 9.59 Å². The maximum atomic E-state index is 12.8. The molecule has 0 bridgehead atoms. The quantitative estimate of drug-likeness (QED) is 0.880. The minimum atomic E-state index is -0.0384. The highest BCUT2D eigenvalue weighted by atomic mass is 16.2. The summed E-state index contributed by atoms with van der Waals surface area (Å²) in [7, 11) is 0. The Balaban J connectivity index is 1.50. The van der Waals surface area contributed by atoms with Gasteiger partial charge in [-0.25, -0.2) is 0 Å². The van der Waals surface area contributed by atoms with Crippen LogP contribution in [0, 0.1) is 19.8 Å². The van der Waals surface area contributed by atoms with Gasteiger partial charge in [0.25, 0.3) is 0 Å². The van der Waals surface area contributed by atoms with E-state index in [4.69, 9.17) is 0 Å². The van der Waals surface area contributed by atoms with Gasteiger partial charge in [0.2, 0.25) is 11.8 Å². The largest absolute Gasteiger partial charge is 0.351 e. The van der Waals surface area contributed by atoms with Gasteiger partial charge in [0.05, 0.1) is 6.04 Å². The van der Waals surface area contributed by atoms with Gasteiger partial charge in [-0.15, -0.1) is 0 Å². The SMILES string of the molecule is Cc1ccc(C2CN(C(=O)Cn3nccc3C)CC2NC(=O)C2CC2)cc1. The molecule has 142 valence electrons. The van der Waals surface area contributed by atoms with Crippen LogP contribution < -0.4 is 5.32 Å². The van der Waals surface area contributed by atoms with E-state index in [0.717, 1.165) is 18.5 Å². The minimum Gasteiger partial charge on any atom is -0.351 e. The Kier molecular flexibility index (Phi) is 4.72. The van der Waals surface area contributed by atoms with E-state index in [-0.39, 0.29) is 36.2 Å². The van der Waals surface area contributed by atoms with Gasteiger partial charge in [0.1, 0.15) is 6.54 Å². The van der Waals surface area contributed by atoms with Crippen molar-refractivity contribution in [3.8, 4) is 0 Å². The Morgan fingerprint density at radius 1 is 1.11 bits per heavy atom. The fourth-order valence-electron chi connectivity index (χ4n) is 3.74. The van der Waals surface area contributed by atoms with Crippen molar-refractivity contribution in [1.82, 2.24) is 20.0 Å². The van der Waals surface area contributed by atoms with Gasteiger partial charge in [-0.05, 0) is 38.3 Å². The van der Waals surface area contributed by atoms with Gasteiger partial charge in [0.15, 0.2) is 0 Å². The first-order valence-corrected chi connectivity index (χ1v) is 9.64. The van der Waals surface area contributed by atoms with E-state index in [9.17, 15) is 9.59 Å². The van der Waals surface area contributed by atoms with Crippen molar-refractivity contribution >= 4 is 11.8 Å². The van der Waals surface area contributed by atoms with Crippen molar-refractivity contribution in [2.75, 3.05) is 13.1 Å². The molecule has 1 aliphatic carbocycles. The molecule has 1 aromatic carbocycles. The second kappa shape index (κ2) is 7.18. The normalized spacial score (nSPS) is 22.1. The van der Waals surface area contributed by atoms with Gasteiger partial charge in [0, 0.05) is 36.8 Å². The summed E-state index contributed by atoms with van der Waals surface area (Å²) >= 11 is 0. The molecule has 0 radical (unpaired) electrons. The molecule has 27 heavy (non-hydrogen) atoms. The van der Waals surface area contributed by atoms with Crippen molar-refractivity contribution in [2.45, 2.75) is 45.2 Å². The average molecular weight is 366 g/mol. The van der Waals surface area contributed by atoms with E-state index in [0.29, 0.717) is 13.1 Å². The highest BCUT2D eigenvalue weighted by Crippen LogP contribution is 2.32. The molecular weight excluding hydrogens is 340 g/mol. The number of carbonyl (C=O) groups excluding carboxylic acids is 2. The Morgan fingerprint density at radius 2 is 1.85 bits per heavy atom. The number of likely N-dealkylation sites (tertiary alicyclic amines) is 1. The number of hydrogen-bond acceptors (Lipinski definition) is 3. The maximum absolute atomic E-state index is 12.8. The molecule has 1 aromatic heterocycles. The summed E-state index contributed by atoms with van der Waals surface area (Å²) in [6.07, 6.45) is 3.67. The lowest BCUT2D eigenvalue weighted by Gasteiger charge is -2.20. The third-order valence-corrected chi connectivity index (χ3v) is 5.67. The Bertz CT molecular complexity index is 838. The van der Waals surface area contributed by atoms with Gasteiger partial charge in [-0.3, -0.25) is 14.3 Å². The zero-order valence-electron chi connectivity index (χ0n) is 15.9. The van der Waals surface area contributed by atoms with Crippen LogP contribution in [0.1, 0.15) is 35.6 Å². The lowest BCUT2D eigenvalue weighted by atomic mass is 9.93. The molecule has 2 amide bonds. The number of hydrogen-bond donors (Lipinski definition) is 1. The summed E-state index contributed by atoms with van der Waals surface area (Å²) in [6, 6.07) is 10.3. The van der Waals surface area contributed by atoms with Crippen molar-refractivity contribution in [3.63, 3.8) is 0 Å². The lowest BCUT2D eigenvalue weighted by Crippen LogP contribution is -2.41. The molecule has 1 N–H and O–H groups in total. The highest BCUT2D eigenvalue weighted by Gasteiger charge is 2.39. The number of nitrogens with one attached hydrogen (secondary N) is 1. The Hall–Kier alpha value is -2.63.